The van der Waals surface area contributed by atoms with Gasteiger partial charge in [0.2, 0.25) is 0 Å². The molecule has 2 aliphatic rings. The van der Waals surface area contributed by atoms with Gasteiger partial charge in [-0.1, -0.05) is 19.1 Å². The molecule has 3 heteroatoms. The largest absolute Gasteiger partial charge is 0.467 e. The summed E-state index contributed by atoms with van der Waals surface area (Å²) in [6.07, 6.45) is 7.62. The smallest absolute Gasteiger partial charge is 0.132 e. The van der Waals surface area contributed by atoms with Crippen molar-refractivity contribution in [2.45, 2.75) is 38.1 Å². The summed E-state index contributed by atoms with van der Waals surface area (Å²) in [5.41, 5.74) is 0. The van der Waals surface area contributed by atoms with Crippen LogP contribution in [-0.2, 0) is 4.74 Å². The highest BCUT2D eigenvalue weighted by Gasteiger charge is 2.46. The zero-order valence-electron chi connectivity index (χ0n) is 9.95. The monoisotopic (exact) mass is 234 g/mol. The first-order valence-electron chi connectivity index (χ1n) is 6.29. The molecule has 17 heavy (non-hydrogen) atoms. The Morgan fingerprint density at radius 1 is 1.29 bits per heavy atom. The highest BCUT2D eigenvalue weighted by atomic mass is 16.5. The Morgan fingerprint density at radius 2 is 2.06 bits per heavy atom. The summed E-state index contributed by atoms with van der Waals surface area (Å²) >= 11 is 0. The van der Waals surface area contributed by atoms with Crippen molar-refractivity contribution in [2.75, 3.05) is 0 Å². The second kappa shape index (κ2) is 4.31. The first-order valence-corrected chi connectivity index (χ1v) is 6.29. The van der Waals surface area contributed by atoms with Crippen LogP contribution >= 0.6 is 0 Å². The van der Waals surface area contributed by atoms with Gasteiger partial charge in [0.25, 0.3) is 0 Å². The molecule has 1 fully saturated rings. The van der Waals surface area contributed by atoms with Gasteiger partial charge in [-0.15, -0.1) is 0 Å². The first kappa shape index (κ1) is 11.1. The fourth-order valence-electron chi connectivity index (χ4n) is 3.11. The SMILES string of the molecule is C[C@H]1[C@@H]([C@@H](O)c2ccco2)[C@@H]2CC=CC[C@H]1O2. The van der Waals surface area contributed by atoms with Crippen molar-refractivity contribution in [3.63, 3.8) is 0 Å². The molecule has 1 aromatic rings. The summed E-state index contributed by atoms with van der Waals surface area (Å²) in [4.78, 5) is 0. The van der Waals surface area contributed by atoms with Crippen LogP contribution in [-0.4, -0.2) is 17.3 Å². The van der Waals surface area contributed by atoms with E-state index in [-0.39, 0.29) is 18.1 Å². The van der Waals surface area contributed by atoms with E-state index in [2.05, 4.69) is 19.1 Å². The lowest BCUT2D eigenvalue weighted by atomic mass is 9.80. The molecule has 3 rings (SSSR count). The predicted octanol–water partition coefficient (Wildman–Crippen LogP) is 2.68. The second-order valence-electron chi connectivity index (χ2n) is 5.05. The molecule has 0 amide bonds. The molecule has 0 saturated carbocycles. The Kier molecular flexibility index (Phi) is 2.81. The lowest BCUT2D eigenvalue weighted by Crippen LogP contribution is -2.27. The number of furan rings is 1. The molecule has 0 spiro atoms. The molecule has 2 aliphatic heterocycles. The fraction of sp³-hybridized carbons (Fsp3) is 0.571. The van der Waals surface area contributed by atoms with Crippen LogP contribution in [0.25, 0.3) is 0 Å². The molecule has 3 heterocycles. The van der Waals surface area contributed by atoms with Gasteiger partial charge in [0.15, 0.2) is 0 Å². The van der Waals surface area contributed by atoms with Crippen LogP contribution in [0, 0.1) is 11.8 Å². The summed E-state index contributed by atoms with van der Waals surface area (Å²) in [5, 5.41) is 10.4. The van der Waals surface area contributed by atoms with Crippen LogP contribution in [0.5, 0.6) is 0 Å². The van der Waals surface area contributed by atoms with E-state index in [1.807, 2.05) is 12.1 Å². The lowest BCUT2D eigenvalue weighted by molar-refractivity contribution is 0.00642. The van der Waals surface area contributed by atoms with E-state index in [1.54, 1.807) is 6.26 Å². The van der Waals surface area contributed by atoms with E-state index >= 15 is 0 Å². The third-order valence-electron chi connectivity index (χ3n) is 4.08. The maximum atomic E-state index is 10.4. The van der Waals surface area contributed by atoms with E-state index < -0.39 is 6.10 Å². The van der Waals surface area contributed by atoms with Crippen molar-refractivity contribution in [3.8, 4) is 0 Å². The molecular weight excluding hydrogens is 216 g/mol. The summed E-state index contributed by atoms with van der Waals surface area (Å²) in [5.74, 6) is 1.15. The van der Waals surface area contributed by atoms with Crippen LogP contribution in [0.1, 0.15) is 31.6 Å². The Hall–Kier alpha value is -1.06. The van der Waals surface area contributed by atoms with Crippen LogP contribution in [0.4, 0.5) is 0 Å². The average Bonchev–Trinajstić information content (AvgIpc) is 2.86. The molecule has 2 bridgehead atoms. The quantitative estimate of drug-likeness (QED) is 0.800. The molecule has 1 N–H and O–H groups in total. The van der Waals surface area contributed by atoms with Gasteiger partial charge in [-0.25, -0.2) is 0 Å². The minimum absolute atomic E-state index is 0.119. The minimum Gasteiger partial charge on any atom is -0.467 e. The Balaban J connectivity index is 1.85. The zero-order chi connectivity index (χ0) is 11.8. The Bertz CT molecular complexity index is 396. The third kappa shape index (κ3) is 1.83. The first-order chi connectivity index (χ1) is 8.27. The predicted molar refractivity (Wildman–Crippen MR) is 63.4 cm³/mol. The Labute approximate surface area is 101 Å². The number of aliphatic hydroxyl groups is 1. The molecule has 0 aliphatic carbocycles. The summed E-state index contributed by atoms with van der Waals surface area (Å²) in [6, 6.07) is 3.65. The van der Waals surface area contributed by atoms with Gasteiger partial charge in [0, 0.05) is 5.92 Å². The maximum Gasteiger partial charge on any atom is 0.132 e. The van der Waals surface area contributed by atoms with Gasteiger partial charge in [-0.2, -0.15) is 0 Å². The summed E-state index contributed by atoms with van der Waals surface area (Å²) < 4.78 is 11.3. The summed E-state index contributed by atoms with van der Waals surface area (Å²) in [6.45, 7) is 2.17. The van der Waals surface area contributed by atoms with E-state index in [0.29, 0.717) is 11.7 Å². The molecule has 0 aromatic carbocycles. The van der Waals surface area contributed by atoms with Crippen molar-refractivity contribution in [1.29, 1.82) is 0 Å². The molecule has 0 unspecified atom stereocenters. The Morgan fingerprint density at radius 3 is 2.76 bits per heavy atom. The second-order valence-corrected chi connectivity index (χ2v) is 5.05. The lowest BCUT2D eigenvalue weighted by Gasteiger charge is -2.25. The van der Waals surface area contributed by atoms with Crippen molar-refractivity contribution in [2.24, 2.45) is 11.8 Å². The van der Waals surface area contributed by atoms with Crippen molar-refractivity contribution < 1.29 is 14.3 Å². The number of hydrogen-bond acceptors (Lipinski definition) is 3. The normalized spacial score (nSPS) is 38.0. The number of fused-ring (bicyclic) bond motifs is 2. The van der Waals surface area contributed by atoms with E-state index in [1.165, 1.54) is 0 Å². The summed E-state index contributed by atoms with van der Waals surface area (Å²) in [7, 11) is 0. The number of rotatable bonds is 2. The van der Waals surface area contributed by atoms with Crippen LogP contribution in [0.2, 0.25) is 0 Å². The van der Waals surface area contributed by atoms with Crippen LogP contribution < -0.4 is 0 Å². The molecular formula is C14H18O3. The molecule has 92 valence electrons. The molecule has 3 nitrogen and oxygen atoms in total. The van der Waals surface area contributed by atoms with Crippen LogP contribution in [0.15, 0.2) is 35.0 Å². The molecule has 1 saturated heterocycles. The van der Waals surface area contributed by atoms with Crippen LogP contribution in [0.3, 0.4) is 0 Å². The fourth-order valence-corrected chi connectivity index (χ4v) is 3.11. The van der Waals surface area contributed by atoms with Crippen molar-refractivity contribution in [1.82, 2.24) is 0 Å². The molecule has 1 aromatic heterocycles. The van der Waals surface area contributed by atoms with Gasteiger partial charge in [-0.3, -0.25) is 0 Å². The maximum absolute atomic E-state index is 10.4. The van der Waals surface area contributed by atoms with Gasteiger partial charge in [0.1, 0.15) is 11.9 Å². The number of hydrogen-bond donors (Lipinski definition) is 1. The van der Waals surface area contributed by atoms with E-state index in [9.17, 15) is 5.11 Å². The molecule has 0 radical (unpaired) electrons. The van der Waals surface area contributed by atoms with Gasteiger partial charge in [-0.05, 0) is 30.9 Å². The third-order valence-corrected chi connectivity index (χ3v) is 4.08. The van der Waals surface area contributed by atoms with Gasteiger partial charge < -0.3 is 14.3 Å². The highest BCUT2D eigenvalue weighted by molar-refractivity contribution is 5.09. The zero-order valence-corrected chi connectivity index (χ0v) is 9.95. The van der Waals surface area contributed by atoms with Crippen molar-refractivity contribution in [3.05, 3.63) is 36.3 Å². The average molecular weight is 234 g/mol. The standard InChI is InChI=1S/C14H18O3/c1-9-10-5-2-3-6-11(17-10)13(9)14(15)12-7-4-8-16-12/h2-4,7-11,13-15H,5-6H2,1H3/t9-,10-,11+,13-,14+/m1/s1. The topological polar surface area (TPSA) is 42.6 Å². The van der Waals surface area contributed by atoms with E-state index in [4.69, 9.17) is 9.15 Å². The number of aliphatic hydroxyl groups excluding tert-OH is 1. The van der Waals surface area contributed by atoms with Gasteiger partial charge in [0.05, 0.1) is 18.5 Å². The van der Waals surface area contributed by atoms with Gasteiger partial charge >= 0.3 is 0 Å². The number of ether oxygens (including phenoxy) is 1. The molecule has 5 atom stereocenters. The minimum atomic E-state index is -0.554. The van der Waals surface area contributed by atoms with Crippen molar-refractivity contribution >= 4 is 0 Å². The van der Waals surface area contributed by atoms with E-state index in [0.717, 1.165) is 12.8 Å². The highest BCUT2D eigenvalue weighted by Crippen LogP contribution is 2.44.